The minimum atomic E-state index is -0.182. The van der Waals surface area contributed by atoms with Crippen LogP contribution in [0, 0.1) is 5.92 Å². The molecule has 1 aliphatic heterocycles. The minimum Gasteiger partial charge on any atom is -0.381 e. The van der Waals surface area contributed by atoms with Crippen LogP contribution in [0.4, 0.5) is 0 Å². The van der Waals surface area contributed by atoms with Gasteiger partial charge in [0.25, 0.3) is 5.91 Å². The van der Waals surface area contributed by atoms with Gasteiger partial charge in [-0.2, -0.15) is 0 Å². The number of amides is 1. The van der Waals surface area contributed by atoms with Crippen molar-refractivity contribution in [1.82, 2.24) is 10.5 Å². The van der Waals surface area contributed by atoms with E-state index in [2.05, 4.69) is 10.5 Å². The summed E-state index contributed by atoms with van der Waals surface area (Å²) in [7, 11) is 0. The topological polar surface area (TPSA) is 64.4 Å². The second kappa shape index (κ2) is 7.22. The Labute approximate surface area is 129 Å². The summed E-state index contributed by atoms with van der Waals surface area (Å²) in [6.45, 7) is 2.34. The molecule has 5 heteroatoms. The van der Waals surface area contributed by atoms with Gasteiger partial charge >= 0.3 is 0 Å². The smallest absolute Gasteiger partial charge is 0.273 e. The summed E-state index contributed by atoms with van der Waals surface area (Å²) in [6, 6.07) is 11.3. The zero-order chi connectivity index (χ0) is 15.2. The van der Waals surface area contributed by atoms with Gasteiger partial charge in [-0.1, -0.05) is 35.5 Å². The predicted octanol–water partition coefficient (Wildman–Crippen LogP) is 2.89. The molecular formula is C17H20N2O3. The maximum Gasteiger partial charge on any atom is 0.273 e. The first-order chi connectivity index (χ1) is 10.8. The van der Waals surface area contributed by atoms with Gasteiger partial charge in [0.2, 0.25) is 0 Å². The Morgan fingerprint density at radius 3 is 2.77 bits per heavy atom. The zero-order valence-corrected chi connectivity index (χ0v) is 12.5. The number of carbonyl (C=O) groups is 1. The van der Waals surface area contributed by atoms with E-state index in [9.17, 15) is 4.79 Å². The summed E-state index contributed by atoms with van der Waals surface area (Å²) in [5, 5.41) is 6.76. The van der Waals surface area contributed by atoms with Crippen LogP contribution in [0.5, 0.6) is 0 Å². The highest BCUT2D eigenvalue weighted by Crippen LogP contribution is 2.20. The van der Waals surface area contributed by atoms with E-state index in [1.165, 1.54) is 0 Å². The number of benzene rings is 1. The van der Waals surface area contributed by atoms with Crippen LogP contribution in [0.15, 0.2) is 40.9 Å². The average Bonchev–Trinajstić information content (AvgIpc) is 3.07. The number of carbonyl (C=O) groups excluding carboxylic acids is 1. The number of hydrogen-bond donors (Lipinski definition) is 1. The Morgan fingerprint density at radius 2 is 2.00 bits per heavy atom. The highest BCUT2D eigenvalue weighted by atomic mass is 16.5. The van der Waals surface area contributed by atoms with E-state index >= 15 is 0 Å². The van der Waals surface area contributed by atoms with Gasteiger partial charge in [0.1, 0.15) is 0 Å². The molecule has 0 saturated carbocycles. The maximum atomic E-state index is 12.1. The van der Waals surface area contributed by atoms with Crippen LogP contribution >= 0.6 is 0 Å². The van der Waals surface area contributed by atoms with Crippen molar-refractivity contribution in [2.75, 3.05) is 19.8 Å². The molecule has 1 fully saturated rings. The quantitative estimate of drug-likeness (QED) is 0.922. The van der Waals surface area contributed by atoms with Crippen molar-refractivity contribution in [2.45, 2.75) is 19.3 Å². The zero-order valence-electron chi connectivity index (χ0n) is 12.5. The maximum absolute atomic E-state index is 12.1. The first-order valence-corrected chi connectivity index (χ1v) is 7.71. The van der Waals surface area contributed by atoms with Crippen molar-refractivity contribution < 1.29 is 14.1 Å². The molecule has 5 nitrogen and oxygen atoms in total. The third-order valence-corrected chi connectivity index (χ3v) is 3.98. The summed E-state index contributed by atoms with van der Waals surface area (Å²) >= 11 is 0. The first kappa shape index (κ1) is 14.8. The normalized spacial score (nSPS) is 15.6. The van der Waals surface area contributed by atoms with Gasteiger partial charge in [-0.25, -0.2) is 0 Å². The van der Waals surface area contributed by atoms with Gasteiger partial charge in [-0.3, -0.25) is 4.79 Å². The summed E-state index contributed by atoms with van der Waals surface area (Å²) < 4.78 is 10.6. The van der Waals surface area contributed by atoms with Crippen molar-refractivity contribution in [3.63, 3.8) is 0 Å². The Bertz CT molecular complexity index is 603. The lowest BCUT2D eigenvalue weighted by molar-refractivity contribution is 0.0635. The van der Waals surface area contributed by atoms with Gasteiger partial charge in [0, 0.05) is 31.4 Å². The molecule has 2 aromatic rings. The van der Waals surface area contributed by atoms with E-state index in [0.717, 1.165) is 38.0 Å². The third kappa shape index (κ3) is 3.74. The Balaban J connectivity index is 1.51. The van der Waals surface area contributed by atoms with Crippen LogP contribution < -0.4 is 5.32 Å². The number of hydrogen-bond acceptors (Lipinski definition) is 4. The molecule has 0 spiro atoms. The fourth-order valence-corrected chi connectivity index (χ4v) is 2.64. The summed E-state index contributed by atoms with van der Waals surface area (Å²) in [6.07, 6.45) is 3.15. The van der Waals surface area contributed by atoms with Crippen LogP contribution in [-0.2, 0) is 4.74 Å². The van der Waals surface area contributed by atoms with Gasteiger partial charge in [0.15, 0.2) is 11.5 Å². The standard InChI is InChI=1S/C17H20N2O3/c20-17(18-9-6-13-7-10-21-11-8-13)15-12-16(22-19-15)14-4-2-1-3-5-14/h1-5,12-13H,6-11H2,(H,18,20). The molecule has 3 rings (SSSR count). The summed E-state index contributed by atoms with van der Waals surface area (Å²) in [4.78, 5) is 12.1. The van der Waals surface area contributed by atoms with Crippen molar-refractivity contribution >= 4 is 5.91 Å². The average molecular weight is 300 g/mol. The van der Waals surface area contributed by atoms with Crippen LogP contribution in [-0.4, -0.2) is 30.8 Å². The molecule has 2 heterocycles. The molecule has 1 aromatic heterocycles. The molecule has 1 amide bonds. The monoisotopic (exact) mass is 300 g/mol. The fraction of sp³-hybridized carbons (Fsp3) is 0.412. The molecule has 1 N–H and O–H groups in total. The Hall–Kier alpha value is -2.14. The Morgan fingerprint density at radius 1 is 1.23 bits per heavy atom. The number of aromatic nitrogens is 1. The van der Waals surface area contributed by atoms with Crippen molar-refractivity contribution in [3.05, 3.63) is 42.1 Å². The van der Waals surface area contributed by atoms with Gasteiger partial charge < -0.3 is 14.6 Å². The SMILES string of the molecule is O=C(NCCC1CCOCC1)c1cc(-c2ccccc2)on1. The molecule has 0 aliphatic carbocycles. The van der Waals surface area contributed by atoms with E-state index in [1.54, 1.807) is 6.07 Å². The van der Waals surface area contributed by atoms with E-state index < -0.39 is 0 Å². The second-order valence-electron chi connectivity index (χ2n) is 5.54. The van der Waals surface area contributed by atoms with Crippen LogP contribution in [0.3, 0.4) is 0 Å². The van der Waals surface area contributed by atoms with E-state index in [1.807, 2.05) is 30.3 Å². The first-order valence-electron chi connectivity index (χ1n) is 7.71. The molecule has 116 valence electrons. The van der Waals surface area contributed by atoms with Gasteiger partial charge in [-0.05, 0) is 25.2 Å². The van der Waals surface area contributed by atoms with Crippen LogP contribution in [0.1, 0.15) is 29.8 Å². The second-order valence-corrected chi connectivity index (χ2v) is 5.54. The molecule has 0 bridgehead atoms. The molecule has 0 unspecified atom stereocenters. The van der Waals surface area contributed by atoms with Crippen molar-refractivity contribution in [1.29, 1.82) is 0 Å². The van der Waals surface area contributed by atoms with Gasteiger partial charge in [-0.15, -0.1) is 0 Å². The van der Waals surface area contributed by atoms with E-state index in [4.69, 9.17) is 9.26 Å². The van der Waals surface area contributed by atoms with Crippen molar-refractivity contribution in [3.8, 4) is 11.3 Å². The van der Waals surface area contributed by atoms with E-state index in [0.29, 0.717) is 23.9 Å². The predicted molar refractivity (Wildman–Crippen MR) is 82.4 cm³/mol. The molecular weight excluding hydrogens is 280 g/mol. The largest absolute Gasteiger partial charge is 0.381 e. The molecule has 22 heavy (non-hydrogen) atoms. The molecule has 0 radical (unpaired) electrons. The lowest BCUT2D eigenvalue weighted by Crippen LogP contribution is -2.27. The summed E-state index contributed by atoms with van der Waals surface area (Å²) in [5.41, 5.74) is 1.24. The molecule has 1 aromatic carbocycles. The lowest BCUT2D eigenvalue weighted by Gasteiger charge is -2.21. The molecule has 1 saturated heterocycles. The summed E-state index contributed by atoms with van der Waals surface area (Å²) in [5.74, 6) is 1.07. The number of rotatable bonds is 5. The number of nitrogens with zero attached hydrogens (tertiary/aromatic N) is 1. The molecule has 1 aliphatic rings. The van der Waals surface area contributed by atoms with Crippen molar-refractivity contribution in [2.24, 2.45) is 5.92 Å². The highest BCUT2D eigenvalue weighted by molar-refractivity contribution is 5.93. The highest BCUT2D eigenvalue weighted by Gasteiger charge is 2.16. The Kier molecular flexibility index (Phi) is 4.85. The number of nitrogens with one attached hydrogen (secondary N) is 1. The fourth-order valence-electron chi connectivity index (χ4n) is 2.64. The van der Waals surface area contributed by atoms with E-state index in [-0.39, 0.29) is 5.91 Å². The van der Waals surface area contributed by atoms with Crippen LogP contribution in [0.25, 0.3) is 11.3 Å². The number of ether oxygens (including phenoxy) is 1. The minimum absolute atomic E-state index is 0.182. The third-order valence-electron chi connectivity index (χ3n) is 3.98. The van der Waals surface area contributed by atoms with Gasteiger partial charge in [0.05, 0.1) is 0 Å². The van der Waals surface area contributed by atoms with Crippen LogP contribution in [0.2, 0.25) is 0 Å². The lowest BCUT2D eigenvalue weighted by atomic mass is 9.97. The molecule has 0 atom stereocenters.